The summed E-state index contributed by atoms with van der Waals surface area (Å²) in [7, 11) is 0. The van der Waals surface area contributed by atoms with Gasteiger partial charge in [0.2, 0.25) is 0 Å². The van der Waals surface area contributed by atoms with Gasteiger partial charge in [-0.25, -0.2) is 0 Å². The van der Waals surface area contributed by atoms with Gasteiger partial charge in [-0.3, -0.25) is 14.5 Å². The van der Waals surface area contributed by atoms with Gasteiger partial charge in [0, 0.05) is 30.4 Å². The van der Waals surface area contributed by atoms with Crippen molar-refractivity contribution in [3.05, 3.63) is 68.6 Å². The fourth-order valence-electron chi connectivity index (χ4n) is 3.37. The predicted molar refractivity (Wildman–Crippen MR) is 103 cm³/mol. The second-order valence-electron chi connectivity index (χ2n) is 6.98. The van der Waals surface area contributed by atoms with E-state index in [9.17, 15) is 9.59 Å². The zero-order valence-corrected chi connectivity index (χ0v) is 15.7. The van der Waals surface area contributed by atoms with E-state index in [1.54, 1.807) is 12.1 Å². The number of H-pyrrole nitrogens is 1. The molecule has 2 heterocycles. The number of rotatable bonds is 5. The van der Waals surface area contributed by atoms with Crippen molar-refractivity contribution in [3.63, 3.8) is 0 Å². The fraction of sp³-hybridized carbons (Fsp3) is 0.400. The number of carbonyl (C=O) groups is 1. The highest BCUT2D eigenvalue weighted by Crippen LogP contribution is 2.17. The molecule has 138 valence electrons. The lowest BCUT2D eigenvalue weighted by Gasteiger charge is -2.30. The lowest BCUT2D eigenvalue weighted by Crippen LogP contribution is -2.35. The summed E-state index contributed by atoms with van der Waals surface area (Å²) < 4.78 is 0. The molecule has 1 atom stereocenters. The summed E-state index contributed by atoms with van der Waals surface area (Å²) in [6.45, 7) is 5.34. The van der Waals surface area contributed by atoms with Gasteiger partial charge in [0.1, 0.15) is 5.56 Å². The number of amides is 1. The Bertz CT molecular complexity index is 834. The van der Waals surface area contributed by atoms with Gasteiger partial charge in [-0.15, -0.1) is 0 Å². The summed E-state index contributed by atoms with van der Waals surface area (Å²) in [6.07, 6.45) is 2.45. The summed E-state index contributed by atoms with van der Waals surface area (Å²) in [5, 5.41) is 3.34. The molecule has 1 aliphatic heterocycles. The Hall–Kier alpha value is -2.11. The van der Waals surface area contributed by atoms with Crippen molar-refractivity contribution in [2.24, 2.45) is 5.92 Å². The maximum atomic E-state index is 12.3. The standard InChI is InChI=1S/C20H24ClN3O2/c1-14-5-4-10-24(12-14)13-16-8-9-17(20(26)23-16)19(25)22-11-15-6-2-3-7-18(15)21/h2-3,6-9,14H,4-5,10-13H2,1H3,(H,22,25)(H,23,26). The van der Waals surface area contributed by atoms with Gasteiger partial charge in [0.25, 0.3) is 11.5 Å². The molecule has 0 spiro atoms. The molecule has 1 unspecified atom stereocenters. The van der Waals surface area contributed by atoms with Gasteiger partial charge in [-0.2, -0.15) is 0 Å². The molecule has 5 nitrogen and oxygen atoms in total. The molecule has 1 saturated heterocycles. The van der Waals surface area contributed by atoms with Gasteiger partial charge in [0.05, 0.1) is 0 Å². The number of nitrogens with one attached hydrogen (secondary N) is 2. The highest BCUT2D eigenvalue weighted by molar-refractivity contribution is 6.31. The van der Waals surface area contributed by atoms with Crippen molar-refractivity contribution in [1.29, 1.82) is 0 Å². The van der Waals surface area contributed by atoms with Crippen LogP contribution in [0.15, 0.2) is 41.2 Å². The number of hydrogen-bond donors (Lipinski definition) is 2. The largest absolute Gasteiger partial charge is 0.348 e. The minimum atomic E-state index is -0.399. The van der Waals surface area contributed by atoms with Crippen LogP contribution in [0.5, 0.6) is 0 Å². The number of benzene rings is 1. The zero-order valence-electron chi connectivity index (χ0n) is 14.9. The van der Waals surface area contributed by atoms with Crippen LogP contribution in [-0.2, 0) is 13.1 Å². The summed E-state index contributed by atoms with van der Waals surface area (Å²) in [4.78, 5) is 29.8. The van der Waals surface area contributed by atoms with Crippen LogP contribution < -0.4 is 10.9 Å². The second-order valence-corrected chi connectivity index (χ2v) is 7.39. The van der Waals surface area contributed by atoms with Gasteiger partial charge < -0.3 is 10.3 Å². The number of halogens is 1. The van der Waals surface area contributed by atoms with Crippen LogP contribution in [0.1, 0.15) is 41.4 Å². The third-order valence-electron chi connectivity index (χ3n) is 4.75. The van der Waals surface area contributed by atoms with E-state index in [4.69, 9.17) is 11.6 Å². The van der Waals surface area contributed by atoms with Crippen LogP contribution in [0.3, 0.4) is 0 Å². The number of likely N-dealkylation sites (tertiary alicyclic amines) is 1. The Kier molecular flexibility index (Phi) is 6.12. The Morgan fingerprint density at radius 3 is 2.85 bits per heavy atom. The van der Waals surface area contributed by atoms with Crippen LogP contribution in [0, 0.1) is 5.92 Å². The maximum Gasteiger partial charge on any atom is 0.261 e. The van der Waals surface area contributed by atoms with Crippen LogP contribution >= 0.6 is 11.6 Å². The first-order chi connectivity index (χ1) is 12.5. The Morgan fingerprint density at radius 1 is 1.31 bits per heavy atom. The zero-order chi connectivity index (χ0) is 18.5. The van der Waals surface area contributed by atoms with Crippen molar-refractivity contribution in [3.8, 4) is 0 Å². The topological polar surface area (TPSA) is 65.2 Å². The normalized spacial score (nSPS) is 17.8. The summed E-state index contributed by atoms with van der Waals surface area (Å²) >= 11 is 6.08. The number of aromatic amines is 1. The minimum absolute atomic E-state index is 0.118. The van der Waals surface area contributed by atoms with E-state index >= 15 is 0 Å². The molecule has 1 aromatic carbocycles. The smallest absolute Gasteiger partial charge is 0.261 e. The summed E-state index contributed by atoms with van der Waals surface area (Å²) in [5.41, 5.74) is 1.42. The third kappa shape index (κ3) is 4.74. The Morgan fingerprint density at radius 2 is 2.12 bits per heavy atom. The number of nitrogens with zero attached hydrogens (tertiary/aromatic N) is 1. The Balaban J connectivity index is 1.62. The van der Waals surface area contributed by atoms with Crippen LogP contribution in [0.25, 0.3) is 0 Å². The van der Waals surface area contributed by atoms with E-state index in [-0.39, 0.29) is 17.7 Å². The molecular weight excluding hydrogens is 350 g/mol. The van der Waals surface area contributed by atoms with Gasteiger partial charge >= 0.3 is 0 Å². The van der Waals surface area contributed by atoms with Crippen molar-refractivity contribution < 1.29 is 4.79 Å². The van der Waals surface area contributed by atoms with E-state index in [0.29, 0.717) is 17.5 Å². The van der Waals surface area contributed by atoms with Crippen LogP contribution in [0.4, 0.5) is 0 Å². The Labute approximate surface area is 158 Å². The van der Waals surface area contributed by atoms with E-state index < -0.39 is 5.91 Å². The van der Waals surface area contributed by atoms with Crippen molar-refractivity contribution >= 4 is 17.5 Å². The average Bonchev–Trinajstić information content (AvgIpc) is 2.61. The van der Waals surface area contributed by atoms with Crippen molar-refractivity contribution in [1.82, 2.24) is 15.2 Å². The molecule has 0 bridgehead atoms. The molecule has 26 heavy (non-hydrogen) atoms. The third-order valence-corrected chi connectivity index (χ3v) is 5.12. The van der Waals surface area contributed by atoms with Crippen molar-refractivity contribution in [2.45, 2.75) is 32.9 Å². The molecule has 1 aromatic heterocycles. The molecule has 0 aliphatic carbocycles. The monoisotopic (exact) mass is 373 g/mol. The van der Waals surface area contributed by atoms with E-state index in [1.807, 2.05) is 24.3 Å². The molecular formula is C20H24ClN3O2. The number of hydrogen-bond acceptors (Lipinski definition) is 3. The molecule has 6 heteroatoms. The number of aromatic nitrogens is 1. The second kappa shape index (κ2) is 8.52. The lowest BCUT2D eigenvalue weighted by molar-refractivity contribution is 0.0949. The SMILES string of the molecule is CC1CCCN(Cc2ccc(C(=O)NCc3ccccc3Cl)c(=O)[nH]2)C1. The minimum Gasteiger partial charge on any atom is -0.348 e. The molecule has 2 aromatic rings. The molecule has 0 saturated carbocycles. The van der Waals surface area contributed by atoms with Gasteiger partial charge in [-0.05, 0) is 49.1 Å². The molecule has 3 rings (SSSR count). The van der Waals surface area contributed by atoms with E-state index in [1.165, 1.54) is 12.8 Å². The van der Waals surface area contributed by atoms with E-state index in [0.717, 1.165) is 24.3 Å². The average molecular weight is 374 g/mol. The number of carbonyl (C=O) groups excluding carboxylic acids is 1. The fourth-order valence-corrected chi connectivity index (χ4v) is 3.57. The molecule has 2 N–H and O–H groups in total. The lowest BCUT2D eigenvalue weighted by atomic mass is 10.0. The van der Waals surface area contributed by atoms with Crippen LogP contribution in [0.2, 0.25) is 5.02 Å². The maximum absolute atomic E-state index is 12.3. The molecule has 1 fully saturated rings. The van der Waals surface area contributed by atoms with E-state index in [2.05, 4.69) is 22.1 Å². The molecule has 0 radical (unpaired) electrons. The highest BCUT2D eigenvalue weighted by Gasteiger charge is 2.17. The molecule has 1 aliphatic rings. The van der Waals surface area contributed by atoms with Gasteiger partial charge in [0.15, 0.2) is 0 Å². The van der Waals surface area contributed by atoms with Gasteiger partial charge in [-0.1, -0.05) is 36.7 Å². The first-order valence-corrected chi connectivity index (χ1v) is 9.37. The predicted octanol–water partition coefficient (Wildman–Crippen LogP) is 3.19. The quantitative estimate of drug-likeness (QED) is 0.845. The summed E-state index contributed by atoms with van der Waals surface area (Å²) in [6, 6.07) is 10.7. The van der Waals surface area contributed by atoms with Crippen molar-refractivity contribution in [2.75, 3.05) is 13.1 Å². The first kappa shape index (κ1) is 18.7. The van der Waals surface area contributed by atoms with Crippen LogP contribution in [-0.4, -0.2) is 28.9 Å². The first-order valence-electron chi connectivity index (χ1n) is 8.99. The number of pyridine rings is 1. The molecule has 1 amide bonds. The number of piperidine rings is 1. The summed E-state index contributed by atoms with van der Waals surface area (Å²) in [5.74, 6) is 0.287. The highest BCUT2D eigenvalue weighted by atomic mass is 35.5.